The maximum atomic E-state index is 12.9. The molecule has 0 unspecified atom stereocenters. The number of piperazine rings is 1. The minimum absolute atomic E-state index is 0.0706. The summed E-state index contributed by atoms with van der Waals surface area (Å²) in [5, 5.41) is 0. The molecule has 7 nitrogen and oxygen atoms in total. The molecule has 1 aliphatic rings. The monoisotopic (exact) mass is 519 g/mol. The number of amides is 1. The molecule has 0 N–H and O–H groups in total. The zero-order valence-electron chi connectivity index (χ0n) is 21.1. The molecule has 1 heterocycles. The molecular weight excluding hydrogens is 486 g/mol. The van der Waals surface area contributed by atoms with Crippen LogP contribution < -0.4 is 4.74 Å². The molecule has 1 saturated heterocycles. The quantitative estimate of drug-likeness (QED) is 0.408. The average molecular weight is 520 g/mol. The maximum absolute atomic E-state index is 12.9. The Morgan fingerprint density at radius 2 is 1.51 bits per heavy atom. The lowest BCUT2D eigenvalue weighted by atomic mass is 10.2. The van der Waals surface area contributed by atoms with E-state index in [1.807, 2.05) is 53.4 Å². The second-order valence-electron chi connectivity index (χ2n) is 9.00. The van der Waals surface area contributed by atoms with Gasteiger partial charge < -0.3 is 9.64 Å². The van der Waals surface area contributed by atoms with Crippen LogP contribution in [-0.2, 0) is 21.4 Å². The molecular formula is C29H33N3O4S. The summed E-state index contributed by atoms with van der Waals surface area (Å²) >= 11 is 0. The number of rotatable bonds is 10. The first kappa shape index (κ1) is 26.6. The zero-order chi connectivity index (χ0) is 26.1. The van der Waals surface area contributed by atoms with E-state index >= 15 is 0 Å². The van der Waals surface area contributed by atoms with Gasteiger partial charge in [-0.1, -0.05) is 72.8 Å². The lowest BCUT2D eigenvalue weighted by Gasteiger charge is -2.34. The van der Waals surface area contributed by atoms with Crippen LogP contribution in [0.2, 0.25) is 0 Å². The number of hydrogen-bond acceptors (Lipinski definition) is 5. The van der Waals surface area contributed by atoms with E-state index in [1.54, 1.807) is 19.2 Å². The van der Waals surface area contributed by atoms with Crippen LogP contribution in [0.5, 0.6) is 5.75 Å². The van der Waals surface area contributed by atoms with Gasteiger partial charge in [0, 0.05) is 46.3 Å². The van der Waals surface area contributed by atoms with Gasteiger partial charge in [-0.05, 0) is 35.4 Å². The molecule has 8 heteroatoms. The van der Waals surface area contributed by atoms with Crippen molar-refractivity contribution in [3.8, 4) is 5.75 Å². The summed E-state index contributed by atoms with van der Waals surface area (Å²) in [4.78, 5) is 16.9. The highest BCUT2D eigenvalue weighted by molar-refractivity contribution is 7.89. The van der Waals surface area contributed by atoms with Crippen LogP contribution in [0.1, 0.15) is 11.1 Å². The fourth-order valence-corrected chi connectivity index (χ4v) is 5.29. The third-order valence-corrected chi connectivity index (χ3v) is 8.16. The SMILES string of the molecule is CN(Cc1ccccc1)S(=O)(=O)c1ccc(OCC(=O)N2CCN(C/C=C/c3ccccc3)CC2)cc1. The van der Waals surface area contributed by atoms with Gasteiger partial charge in [-0.25, -0.2) is 8.42 Å². The summed E-state index contributed by atoms with van der Waals surface area (Å²) in [7, 11) is -2.08. The van der Waals surface area contributed by atoms with Crippen molar-refractivity contribution in [3.05, 3.63) is 102 Å². The van der Waals surface area contributed by atoms with Gasteiger partial charge in [0.25, 0.3) is 5.91 Å². The summed E-state index contributed by atoms with van der Waals surface area (Å²) in [5.74, 6) is 0.390. The number of carbonyl (C=O) groups excluding carboxylic acids is 1. The molecule has 0 radical (unpaired) electrons. The number of carbonyl (C=O) groups is 1. The van der Waals surface area contributed by atoms with Crippen molar-refractivity contribution < 1.29 is 17.9 Å². The molecule has 0 bridgehead atoms. The number of benzene rings is 3. The van der Waals surface area contributed by atoms with Crippen LogP contribution in [0.15, 0.2) is 95.9 Å². The number of sulfonamides is 1. The van der Waals surface area contributed by atoms with E-state index < -0.39 is 10.0 Å². The predicted molar refractivity (Wildman–Crippen MR) is 146 cm³/mol. The topological polar surface area (TPSA) is 70.2 Å². The first-order chi connectivity index (χ1) is 17.9. The van der Waals surface area contributed by atoms with E-state index in [2.05, 4.69) is 29.2 Å². The number of ether oxygens (including phenoxy) is 1. The van der Waals surface area contributed by atoms with Crippen molar-refractivity contribution in [2.45, 2.75) is 11.4 Å². The van der Waals surface area contributed by atoms with Crippen molar-refractivity contribution in [3.63, 3.8) is 0 Å². The van der Waals surface area contributed by atoms with Crippen molar-refractivity contribution in [1.29, 1.82) is 0 Å². The van der Waals surface area contributed by atoms with E-state index in [-0.39, 0.29) is 24.0 Å². The summed E-state index contributed by atoms with van der Waals surface area (Å²) in [6, 6.07) is 25.8. The second-order valence-corrected chi connectivity index (χ2v) is 11.0. The van der Waals surface area contributed by atoms with Crippen molar-refractivity contribution in [2.24, 2.45) is 0 Å². The van der Waals surface area contributed by atoms with E-state index in [9.17, 15) is 13.2 Å². The van der Waals surface area contributed by atoms with Crippen LogP contribution in [0, 0.1) is 0 Å². The Morgan fingerprint density at radius 1 is 0.892 bits per heavy atom. The van der Waals surface area contributed by atoms with Gasteiger partial charge in [-0.2, -0.15) is 4.31 Å². The molecule has 1 amide bonds. The lowest BCUT2D eigenvalue weighted by Crippen LogP contribution is -2.49. The molecule has 0 atom stereocenters. The maximum Gasteiger partial charge on any atom is 0.260 e. The van der Waals surface area contributed by atoms with Gasteiger partial charge in [0.05, 0.1) is 4.90 Å². The molecule has 37 heavy (non-hydrogen) atoms. The van der Waals surface area contributed by atoms with Crippen LogP contribution in [0.25, 0.3) is 6.08 Å². The largest absolute Gasteiger partial charge is 0.484 e. The van der Waals surface area contributed by atoms with Crippen molar-refractivity contribution in [2.75, 3.05) is 46.4 Å². The Bertz CT molecular complexity index is 1270. The molecule has 0 spiro atoms. The van der Waals surface area contributed by atoms with E-state index in [0.717, 1.165) is 25.2 Å². The molecule has 3 aromatic rings. The Morgan fingerprint density at radius 3 is 2.16 bits per heavy atom. The molecule has 0 aliphatic carbocycles. The third-order valence-electron chi connectivity index (χ3n) is 6.34. The highest BCUT2D eigenvalue weighted by Crippen LogP contribution is 2.20. The second kappa shape index (κ2) is 12.7. The fourth-order valence-electron chi connectivity index (χ4n) is 4.13. The first-order valence-corrected chi connectivity index (χ1v) is 13.8. The standard InChI is InChI=1S/C29H33N3O4S/c1-30(23-26-11-6-3-7-12-26)37(34,35)28-16-14-27(15-17-28)36-24-29(33)32-21-19-31(20-22-32)18-8-13-25-9-4-2-5-10-25/h2-17H,18-24H2,1H3/b13-8+. The summed E-state index contributed by atoms with van der Waals surface area (Å²) in [5.41, 5.74) is 2.09. The first-order valence-electron chi connectivity index (χ1n) is 12.4. The summed E-state index contributed by atoms with van der Waals surface area (Å²) < 4.78 is 32.8. The van der Waals surface area contributed by atoms with Gasteiger partial charge in [0.2, 0.25) is 10.0 Å². The molecule has 194 valence electrons. The zero-order valence-corrected chi connectivity index (χ0v) is 21.9. The Hall–Kier alpha value is -3.46. The van der Waals surface area contributed by atoms with Gasteiger partial charge in [-0.15, -0.1) is 0 Å². The van der Waals surface area contributed by atoms with Gasteiger partial charge >= 0.3 is 0 Å². The smallest absolute Gasteiger partial charge is 0.260 e. The average Bonchev–Trinajstić information content (AvgIpc) is 2.93. The molecule has 3 aromatic carbocycles. The number of hydrogen-bond donors (Lipinski definition) is 0. The summed E-state index contributed by atoms with van der Waals surface area (Å²) in [6.45, 7) is 4.00. The summed E-state index contributed by atoms with van der Waals surface area (Å²) in [6.07, 6.45) is 4.27. The molecule has 0 aromatic heterocycles. The Labute approximate surface area is 219 Å². The normalized spacial score (nSPS) is 14.8. The van der Waals surface area contributed by atoms with E-state index in [0.29, 0.717) is 18.8 Å². The lowest BCUT2D eigenvalue weighted by molar-refractivity contribution is -0.135. The highest BCUT2D eigenvalue weighted by atomic mass is 32.2. The van der Waals surface area contributed by atoms with Crippen LogP contribution in [0.3, 0.4) is 0 Å². The van der Waals surface area contributed by atoms with Crippen LogP contribution >= 0.6 is 0 Å². The van der Waals surface area contributed by atoms with Gasteiger partial charge in [0.1, 0.15) is 5.75 Å². The van der Waals surface area contributed by atoms with Crippen LogP contribution in [-0.4, -0.2) is 74.8 Å². The predicted octanol–water partition coefficient (Wildman–Crippen LogP) is 3.74. The highest BCUT2D eigenvalue weighted by Gasteiger charge is 2.22. The molecule has 1 aliphatic heterocycles. The Balaban J connectivity index is 1.21. The minimum Gasteiger partial charge on any atom is -0.484 e. The number of nitrogens with zero attached hydrogens (tertiary/aromatic N) is 3. The Kier molecular flexibility index (Phi) is 9.11. The van der Waals surface area contributed by atoms with Gasteiger partial charge in [-0.3, -0.25) is 9.69 Å². The van der Waals surface area contributed by atoms with Gasteiger partial charge in [0.15, 0.2) is 6.61 Å². The van der Waals surface area contributed by atoms with E-state index in [1.165, 1.54) is 22.0 Å². The third kappa shape index (κ3) is 7.52. The fraction of sp³-hybridized carbons (Fsp3) is 0.276. The molecule has 0 saturated carbocycles. The molecule has 1 fully saturated rings. The minimum atomic E-state index is -3.64. The molecule has 4 rings (SSSR count). The van der Waals surface area contributed by atoms with E-state index in [4.69, 9.17) is 4.74 Å². The van der Waals surface area contributed by atoms with Crippen molar-refractivity contribution >= 4 is 22.0 Å². The van der Waals surface area contributed by atoms with Crippen LogP contribution in [0.4, 0.5) is 0 Å². The van der Waals surface area contributed by atoms with Crippen molar-refractivity contribution in [1.82, 2.24) is 14.1 Å².